The number of rotatable bonds is 4. The van der Waals surface area contributed by atoms with Gasteiger partial charge in [0, 0.05) is 28.6 Å². The Bertz CT molecular complexity index is 936. The molecule has 4 heteroatoms. The highest BCUT2D eigenvalue weighted by Gasteiger charge is 2.22. The SMILES string of the molecule is CCC(C)c1nc(C(=O)NC)c(-c2ccccc2Cl)c2ccccc12. The number of amides is 1. The van der Waals surface area contributed by atoms with Crippen molar-refractivity contribution in [2.75, 3.05) is 7.05 Å². The zero-order valence-corrected chi connectivity index (χ0v) is 15.4. The molecule has 25 heavy (non-hydrogen) atoms. The summed E-state index contributed by atoms with van der Waals surface area (Å²) in [7, 11) is 1.62. The van der Waals surface area contributed by atoms with Gasteiger partial charge in [0.25, 0.3) is 5.91 Å². The fraction of sp³-hybridized carbons (Fsp3) is 0.238. The van der Waals surface area contributed by atoms with Crippen LogP contribution in [0.2, 0.25) is 5.02 Å². The molecule has 0 bridgehead atoms. The summed E-state index contributed by atoms with van der Waals surface area (Å²) in [5.74, 6) is 0.0545. The number of pyridine rings is 1. The molecule has 1 amide bonds. The summed E-state index contributed by atoms with van der Waals surface area (Å²) < 4.78 is 0. The molecule has 1 aromatic heterocycles. The number of nitrogens with one attached hydrogen (secondary N) is 1. The average Bonchev–Trinajstić information content (AvgIpc) is 2.66. The molecule has 128 valence electrons. The summed E-state index contributed by atoms with van der Waals surface area (Å²) in [6, 6.07) is 15.7. The van der Waals surface area contributed by atoms with Crippen LogP contribution < -0.4 is 5.32 Å². The van der Waals surface area contributed by atoms with Crippen LogP contribution in [0.25, 0.3) is 21.9 Å². The van der Waals surface area contributed by atoms with Gasteiger partial charge in [-0.15, -0.1) is 0 Å². The monoisotopic (exact) mass is 352 g/mol. The first-order chi connectivity index (χ1) is 12.1. The number of fused-ring (bicyclic) bond motifs is 1. The average molecular weight is 353 g/mol. The molecule has 2 aromatic carbocycles. The molecular weight excluding hydrogens is 332 g/mol. The van der Waals surface area contributed by atoms with Gasteiger partial charge in [-0.2, -0.15) is 0 Å². The number of hydrogen-bond donors (Lipinski definition) is 1. The largest absolute Gasteiger partial charge is 0.354 e. The molecule has 0 aliphatic carbocycles. The van der Waals surface area contributed by atoms with Crippen molar-refractivity contribution in [1.82, 2.24) is 10.3 Å². The zero-order valence-electron chi connectivity index (χ0n) is 14.6. The Kier molecular flexibility index (Phi) is 5.05. The molecule has 3 rings (SSSR count). The number of halogens is 1. The Balaban J connectivity index is 2.46. The second-order valence-electron chi connectivity index (χ2n) is 6.13. The fourth-order valence-corrected chi connectivity index (χ4v) is 3.31. The molecule has 0 saturated carbocycles. The van der Waals surface area contributed by atoms with Crippen molar-refractivity contribution >= 4 is 28.3 Å². The molecule has 3 nitrogen and oxygen atoms in total. The lowest BCUT2D eigenvalue weighted by Crippen LogP contribution is -2.21. The molecule has 0 fully saturated rings. The molecule has 0 spiro atoms. The third-order valence-electron chi connectivity index (χ3n) is 4.61. The van der Waals surface area contributed by atoms with Gasteiger partial charge < -0.3 is 5.32 Å². The van der Waals surface area contributed by atoms with Crippen LogP contribution >= 0.6 is 11.6 Å². The number of nitrogens with zero attached hydrogens (tertiary/aromatic N) is 1. The van der Waals surface area contributed by atoms with Gasteiger partial charge in [0.15, 0.2) is 0 Å². The van der Waals surface area contributed by atoms with Crippen LogP contribution in [0.3, 0.4) is 0 Å². The normalized spacial score (nSPS) is 12.2. The van der Waals surface area contributed by atoms with Crippen molar-refractivity contribution < 1.29 is 4.79 Å². The highest BCUT2D eigenvalue weighted by Crippen LogP contribution is 2.38. The van der Waals surface area contributed by atoms with E-state index in [0.717, 1.165) is 34.0 Å². The van der Waals surface area contributed by atoms with Gasteiger partial charge in [-0.05, 0) is 23.8 Å². The van der Waals surface area contributed by atoms with Crippen molar-refractivity contribution in [2.45, 2.75) is 26.2 Å². The number of carbonyl (C=O) groups is 1. The van der Waals surface area contributed by atoms with Crippen molar-refractivity contribution in [1.29, 1.82) is 0 Å². The molecule has 1 heterocycles. The van der Waals surface area contributed by atoms with Crippen LogP contribution in [0.15, 0.2) is 48.5 Å². The number of aromatic nitrogens is 1. The predicted octanol–water partition coefficient (Wildman–Crippen LogP) is 5.43. The van der Waals surface area contributed by atoms with E-state index in [-0.39, 0.29) is 11.8 Å². The first kappa shape index (κ1) is 17.4. The highest BCUT2D eigenvalue weighted by atomic mass is 35.5. The van der Waals surface area contributed by atoms with Gasteiger partial charge in [-0.3, -0.25) is 4.79 Å². The minimum absolute atomic E-state index is 0.203. The molecule has 3 aromatic rings. The lowest BCUT2D eigenvalue weighted by molar-refractivity contribution is 0.0959. The van der Waals surface area contributed by atoms with Gasteiger partial charge in [-0.1, -0.05) is 67.9 Å². The van der Waals surface area contributed by atoms with E-state index in [1.807, 2.05) is 42.5 Å². The second-order valence-corrected chi connectivity index (χ2v) is 6.54. The minimum atomic E-state index is -0.203. The van der Waals surface area contributed by atoms with Gasteiger partial charge in [0.05, 0.1) is 5.69 Å². The van der Waals surface area contributed by atoms with Crippen molar-refractivity contribution in [3.8, 4) is 11.1 Å². The summed E-state index contributed by atoms with van der Waals surface area (Å²) in [6.07, 6.45) is 0.954. The Labute approximate surface area is 153 Å². The molecule has 1 atom stereocenters. The Morgan fingerprint density at radius 3 is 2.40 bits per heavy atom. The summed E-state index contributed by atoms with van der Waals surface area (Å²) >= 11 is 6.45. The number of hydrogen-bond acceptors (Lipinski definition) is 2. The molecule has 0 aliphatic heterocycles. The lowest BCUT2D eigenvalue weighted by Gasteiger charge is -2.18. The van der Waals surface area contributed by atoms with Crippen molar-refractivity contribution in [3.63, 3.8) is 0 Å². The van der Waals surface area contributed by atoms with Gasteiger partial charge >= 0.3 is 0 Å². The lowest BCUT2D eigenvalue weighted by atomic mass is 9.91. The van der Waals surface area contributed by atoms with Crippen LogP contribution in [0.5, 0.6) is 0 Å². The summed E-state index contributed by atoms with van der Waals surface area (Å²) in [4.78, 5) is 17.4. The number of benzene rings is 2. The molecule has 1 N–H and O–H groups in total. The Morgan fingerprint density at radius 2 is 1.76 bits per heavy atom. The second kappa shape index (κ2) is 7.24. The zero-order chi connectivity index (χ0) is 18.0. The van der Waals surface area contributed by atoms with E-state index in [9.17, 15) is 4.79 Å². The molecule has 0 radical (unpaired) electrons. The topological polar surface area (TPSA) is 42.0 Å². The van der Waals surface area contributed by atoms with E-state index in [1.54, 1.807) is 7.05 Å². The van der Waals surface area contributed by atoms with Gasteiger partial charge in [0.1, 0.15) is 5.69 Å². The third kappa shape index (κ3) is 3.12. The van der Waals surface area contributed by atoms with Crippen LogP contribution in [0.4, 0.5) is 0 Å². The van der Waals surface area contributed by atoms with Gasteiger partial charge in [-0.25, -0.2) is 4.98 Å². The maximum atomic E-state index is 12.6. The smallest absolute Gasteiger partial charge is 0.270 e. The summed E-state index contributed by atoms with van der Waals surface area (Å²) in [6.45, 7) is 4.26. The predicted molar refractivity (Wildman–Crippen MR) is 104 cm³/mol. The Hall–Kier alpha value is -2.39. The standard InChI is InChI=1S/C21H21ClN2O/c1-4-13(2)19-15-10-6-5-9-14(15)18(20(24-19)21(25)23-3)16-11-7-8-12-17(16)22/h5-13H,4H2,1-3H3,(H,23,25). The van der Waals surface area contributed by atoms with E-state index in [4.69, 9.17) is 16.6 Å². The first-order valence-electron chi connectivity index (χ1n) is 8.48. The van der Waals surface area contributed by atoms with Crippen LogP contribution in [-0.2, 0) is 0 Å². The summed E-state index contributed by atoms with van der Waals surface area (Å²) in [5, 5.41) is 5.39. The van der Waals surface area contributed by atoms with E-state index in [2.05, 4.69) is 25.2 Å². The first-order valence-corrected chi connectivity index (χ1v) is 8.85. The van der Waals surface area contributed by atoms with E-state index in [1.165, 1.54) is 0 Å². The molecular formula is C21H21ClN2O. The fourth-order valence-electron chi connectivity index (χ4n) is 3.08. The third-order valence-corrected chi connectivity index (χ3v) is 4.94. The molecule has 1 unspecified atom stereocenters. The molecule has 0 saturated heterocycles. The van der Waals surface area contributed by atoms with Crippen LogP contribution in [0.1, 0.15) is 42.4 Å². The van der Waals surface area contributed by atoms with Crippen LogP contribution in [-0.4, -0.2) is 17.9 Å². The van der Waals surface area contributed by atoms with E-state index < -0.39 is 0 Å². The highest BCUT2D eigenvalue weighted by molar-refractivity contribution is 6.34. The molecule has 0 aliphatic rings. The maximum absolute atomic E-state index is 12.6. The van der Waals surface area contributed by atoms with E-state index >= 15 is 0 Å². The Morgan fingerprint density at radius 1 is 1.12 bits per heavy atom. The minimum Gasteiger partial charge on any atom is -0.354 e. The quantitative estimate of drug-likeness (QED) is 0.680. The number of carbonyl (C=O) groups excluding carboxylic acids is 1. The summed E-state index contributed by atoms with van der Waals surface area (Å²) in [5.41, 5.74) is 2.98. The van der Waals surface area contributed by atoms with Crippen molar-refractivity contribution in [3.05, 3.63) is 64.9 Å². The van der Waals surface area contributed by atoms with E-state index in [0.29, 0.717) is 10.7 Å². The van der Waals surface area contributed by atoms with Gasteiger partial charge in [0.2, 0.25) is 0 Å². The maximum Gasteiger partial charge on any atom is 0.270 e. The van der Waals surface area contributed by atoms with Crippen LogP contribution in [0, 0.1) is 0 Å². The van der Waals surface area contributed by atoms with Crippen molar-refractivity contribution in [2.24, 2.45) is 0 Å².